The van der Waals surface area contributed by atoms with Crippen LogP contribution in [0.5, 0.6) is 0 Å². The molecule has 0 unspecified atom stereocenters. The van der Waals surface area contributed by atoms with Crippen molar-refractivity contribution in [1.82, 2.24) is 0 Å². The number of carbonyl (C=O) groups excluding carboxylic acids is 1. The average Bonchev–Trinajstić information content (AvgIpc) is 2.70. The molecule has 2 atom stereocenters. The van der Waals surface area contributed by atoms with E-state index >= 15 is 0 Å². The Morgan fingerprint density at radius 1 is 0.733 bits per heavy atom. The number of carbonyl (C=O) groups is 1. The highest BCUT2D eigenvalue weighted by atomic mass is 16.3. The van der Waals surface area contributed by atoms with E-state index in [1.807, 2.05) is 6.92 Å². The molecule has 0 aliphatic heterocycles. The molecule has 0 radical (unpaired) electrons. The SMILES string of the molecule is CCc1oc([C@H](C)C(=O)[C@H](C)c2oc(CC(C)C)c(C)c(=O)c2C)c(C)c(=O)c1C. The number of aryl methyl sites for hydroxylation is 1. The van der Waals surface area contributed by atoms with E-state index in [-0.39, 0.29) is 16.6 Å². The molecule has 30 heavy (non-hydrogen) atoms. The van der Waals surface area contributed by atoms with Crippen LogP contribution in [0.1, 0.15) is 91.7 Å². The fraction of sp³-hybridized carbons (Fsp3) is 0.560. The minimum Gasteiger partial charge on any atom is -0.465 e. The molecule has 2 heterocycles. The third-order valence-electron chi connectivity index (χ3n) is 5.96. The van der Waals surface area contributed by atoms with Crippen LogP contribution in [0, 0.1) is 33.6 Å². The van der Waals surface area contributed by atoms with Gasteiger partial charge >= 0.3 is 0 Å². The Balaban J connectivity index is 2.53. The van der Waals surface area contributed by atoms with Gasteiger partial charge in [-0.15, -0.1) is 0 Å². The van der Waals surface area contributed by atoms with Gasteiger partial charge in [0.15, 0.2) is 16.6 Å². The van der Waals surface area contributed by atoms with Gasteiger partial charge in [0.05, 0.1) is 11.8 Å². The molecule has 0 bridgehead atoms. The van der Waals surface area contributed by atoms with Gasteiger partial charge in [0, 0.05) is 35.1 Å². The Morgan fingerprint density at radius 2 is 1.13 bits per heavy atom. The van der Waals surface area contributed by atoms with E-state index in [4.69, 9.17) is 8.83 Å². The highest BCUT2D eigenvalue weighted by molar-refractivity contribution is 5.90. The smallest absolute Gasteiger partial charge is 0.191 e. The molecule has 2 rings (SSSR count). The van der Waals surface area contributed by atoms with Crippen LogP contribution in [0.4, 0.5) is 0 Å². The number of ketones is 1. The van der Waals surface area contributed by atoms with Gasteiger partial charge in [0.25, 0.3) is 0 Å². The number of hydrogen-bond donors (Lipinski definition) is 0. The van der Waals surface area contributed by atoms with E-state index < -0.39 is 11.8 Å². The van der Waals surface area contributed by atoms with Crippen molar-refractivity contribution in [3.05, 3.63) is 65.7 Å². The molecular weight excluding hydrogens is 380 g/mol. The summed E-state index contributed by atoms with van der Waals surface area (Å²) in [7, 11) is 0. The van der Waals surface area contributed by atoms with Crippen LogP contribution in [0.3, 0.4) is 0 Å². The molecular formula is C25H34O5. The van der Waals surface area contributed by atoms with Gasteiger partial charge in [-0.25, -0.2) is 0 Å². The molecule has 0 amide bonds. The zero-order valence-electron chi connectivity index (χ0n) is 19.7. The van der Waals surface area contributed by atoms with Crippen LogP contribution >= 0.6 is 0 Å². The monoisotopic (exact) mass is 414 g/mol. The Labute approximate surface area is 178 Å². The van der Waals surface area contributed by atoms with Crippen molar-refractivity contribution in [2.75, 3.05) is 0 Å². The van der Waals surface area contributed by atoms with E-state index in [2.05, 4.69) is 13.8 Å². The molecule has 0 spiro atoms. The van der Waals surface area contributed by atoms with Crippen molar-refractivity contribution in [1.29, 1.82) is 0 Å². The van der Waals surface area contributed by atoms with Crippen molar-refractivity contribution in [2.45, 2.75) is 87.0 Å². The van der Waals surface area contributed by atoms with E-state index in [0.29, 0.717) is 64.1 Å². The first-order valence-electron chi connectivity index (χ1n) is 10.7. The minimum absolute atomic E-state index is 0.0782. The molecule has 0 aliphatic rings. The summed E-state index contributed by atoms with van der Waals surface area (Å²) in [6.45, 7) is 16.4. The molecule has 164 valence electrons. The summed E-state index contributed by atoms with van der Waals surface area (Å²) in [5.41, 5.74) is 1.95. The predicted molar refractivity (Wildman–Crippen MR) is 119 cm³/mol. The molecule has 0 saturated carbocycles. The minimum atomic E-state index is -0.629. The molecule has 0 saturated heterocycles. The highest BCUT2D eigenvalue weighted by Crippen LogP contribution is 2.30. The zero-order chi connectivity index (χ0) is 22.9. The van der Waals surface area contributed by atoms with Gasteiger partial charge in [-0.05, 0) is 47.5 Å². The van der Waals surface area contributed by atoms with Crippen LogP contribution in [-0.4, -0.2) is 5.78 Å². The summed E-state index contributed by atoms with van der Waals surface area (Å²) < 4.78 is 12.1. The third-order valence-corrected chi connectivity index (χ3v) is 5.96. The molecule has 5 heteroatoms. The Bertz CT molecular complexity index is 1070. The fourth-order valence-corrected chi connectivity index (χ4v) is 3.97. The lowest BCUT2D eigenvalue weighted by Gasteiger charge is -2.20. The van der Waals surface area contributed by atoms with Crippen LogP contribution in [0.15, 0.2) is 18.4 Å². The lowest BCUT2D eigenvalue weighted by Crippen LogP contribution is -2.24. The maximum Gasteiger partial charge on any atom is 0.191 e. The topological polar surface area (TPSA) is 77.5 Å². The summed E-state index contributed by atoms with van der Waals surface area (Å²) in [4.78, 5) is 38.7. The van der Waals surface area contributed by atoms with Crippen LogP contribution in [-0.2, 0) is 17.6 Å². The molecule has 0 N–H and O–H groups in total. The van der Waals surface area contributed by atoms with E-state index in [1.54, 1.807) is 41.5 Å². The van der Waals surface area contributed by atoms with Crippen molar-refractivity contribution in [2.24, 2.45) is 5.92 Å². The van der Waals surface area contributed by atoms with Crippen molar-refractivity contribution in [3.63, 3.8) is 0 Å². The summed E-state index contributed by atoms with van der Waals surface area (Å²) in [5, 5.41) is 0. The number of hydrogen-bond acceptors (Lipinski definition) is 5. The second-order valence-corrected chi connectivity index (χ2v) is 8.73. The maximum absolute atomic E-state index is 13.3. The van der Waals surface area contributed by atoms with Crippen LogP contribution in [0.25, 0.3) is 0 Å². The van der Waals surface area contributed by atoms with Gasteiger partial charge in [-0.1, -0.05) is 20.8 Å². The summed E-state index contributed by atoms with van der Waals surface area (Å²) in [6, 6.07) is 0. The van der Waals surface area contributed by atoms with Crippen molar-refractivity contribution < 1.29 is 13.6 Å². The van der Waals surface area contributed by atoms with Gasteiger partial charge in [0.2, 0.25) is 0 Å². The first-order chi connectivity index (χ1) is 13.9. The highest BCUT2D eigenvalue weighted by Gasteiger charge is 2.31. The lowest BCUT2D eigenvalue weighted by atomic mass is 9.87. The molecule has 2 aromatic rings. The van der Waals surface area contributed by atoms with E-state index in [1.165, 1.54) is 0 Å². The predicted octanol–water partition coefficient (Wildman–Crippen LogP) is 5.06. The average molecular weight is 415 g/mol. The Kier molecular flexibility index (Phi) is 7.27. The normalized spacial score (nSPS) is 13.5. The fourth-order valence-electron chi connectivity index (χ4n) is 3.97. The summed E-state index contributed by atoms with van der Waals surface area (Å²) >= 11 is 0. The molecule has 2 aromatic heterocycles. The third kappa shape index (κ3) is 4.35. The Morgan fingerprint density at radius 3 is 1.53 bits per heavy atom. The number of rotatable bonds is 7. The molecule has 0 aliphatic carbocycles. The Hall–Kier alpha value is -2.43. The summed E-state index contributed by atoms with van der Waals surface area (Å²) in [6.07, 6.45) is 1.21. The molecule has 0 fully saturated rings. The van der Waals surface area contributed by atoms with E-state index in [9.17, 15) is 14.4 Å². The van der Waals surface area contributed by atoms with Crippen molar-refractivity contribution in [3.8, 4) is 0 Å². The second kappa shape index (κ2) is 9.15. The lowest BCUT2D eigenvalue weighted by molar-refractivity contribution is -0.122. The van der Waals surface area contributed by atoms with Gasteiger partial charge in [-0.2, -0.15) is 0 Å². The largest absolute Gasteiger partial charge is 0.465 e. The quantitative estimate of drug-likeness (QED) is 0.632. The van der Waals surface area contributed by atoms with E-state index in [0.717, 1.165) is 0 Å². The summed E-state index contributed by atoms with van der Waals surface area (Å²) in [5.74, 6) is 0.963. The van der Waals surface area contributed by atoms with Crippen molar-refractivity contribution >= 4 is 5.78 Å². The maximum atomic E-state index is 13.3. The molecule has 0 aromatic carbocycles. The van der Waals surface area contributed by atoms with Crippen LogP contribution in [0.2, 0.25) is 0 Å². The second-order valence-electron chi connectivity index (χ2n) is 8.73. The molecule has 5 nitrogen and oxygen atoms in total. The first-order valence-corrected chi connectivity index (χ1v) is 10.7. The van der Waals surface area contributed by atoms with Crippen LogP contribution < -0.4 is 10.9 Å². The first kappa shape index (κ1) is 23.8. The van der Waals surface area contributed by atoms with Gasteiger partial charge < -0.3 is 8.83 Å². The van der Waals surface area contributed by atoms with Gasteiger partial charge in [0.1, 0.15) is 23.0 Å². The van der Waals surface area contributed by atoms with Gasteiger partial charge in [-0.3, -0.25) is 14.4 Å². The zero-order valence-corrected chi connectivity index (χ0v) is 19.7. The number of Topliss-reactive ketones (excluding diaryl/α,β-unsaturated/α-hetero) is 1. The standard InChI is InChI=1S/C25H34O5/c1-10-19-13(4)21(26)15(6)24(29-19)17(8)23(28)18(9)25-16(7)22(27)14(5)20(30-25)11-12(2)3/h12,17-18H,10-11H2,1-9H3/t17-,18+/m1/s1.